The zero-order chi connectivity index (χ0) is 23.2. The van der Waals surface area contributed by atoms with Crippen LogP contribution in [0.5, 0.6) is 5.75 Å². The average Bonchev–Trinajstić information content (AvgIpc) is 2.78. The molecular weight excluding hydrogens is 419 g/mol. The van der Waals surface area contributed by atoms with Crippen molar-refractivity contribution in [1.29, 1.82) is 0 Å². The maximum absolute atomic E-state index is 14.3. The minimum atomic E-state index is -0.345. The van der Waals surface area contributed by atoms with Crippen molar-refractivity contribution < 1.29 is 9.13 Å². The van der Waals surface area contributed by atoms with E-state index in [1.54, 1.807) is 12.1 Å². The molecule has 7 nitrogen and oxygen atoms in total. The number of nitrogens with one attached hydrogen (secondary N) is 2. The summed E-state index contributed by atoms with van der Waals surface area (Å²) < 4.78 is 19.4. The number of likely N-dealkylation sites (tertiary alicyclic amines) is 1. The molecule has 3 aromatic rings. The van der Waals surface area contributed by atoms with Crippen molar-refractivity contribution in [2.75, 3.05) is 50.9 Å². The van der Waals surface area contributed by atoms with E-state index in [0.717, 1.165) is 36.3 Å². The molecule has 1 fully saturated rings. The lowest BCUT2D eigenvalue weighted by Gasteiger charge is -2.34. The summed E-state index contributed by atoms with van der Waals surface area (Å²) in [4.78, 5) is 10.9. The van der Waals surface area contributed by atoms with Crippen LogP contribution in [0.15, 0.2) is 48.8 Å². The Labute approximate surface area is 194 Å². The lowest BCUT2D eigenvalue weighted by molar-refractivity contribution is 0.161. The van der Waals surface area contributed by atoms with Crippen LogP contribution in [0.1, 0.15) is 23.6 Å². The van der Waals surface area contributed by atoms with E-state index in [1.807, 2.05) is 37.3 Å². The molecule has 4 rings (SSSR count). The third-order valence-electron chi connectivity index (χ3n) is 5.99. The summed E-state index contributed by atoms with van der Waals surface area (Å²) >= 11 is 0. The summed E-state index contributed by atoms with van der Waals surface area (Å²) in [5.74, 6) is 1.05. The van der Waals surface area contributed by atoms with Crippen LogP contribution in [0.2, 0.25) is 0 Å². The van der Waals surface area contributed by atoms with Crippen molar-refractivity contribution in [3.8, 4) is 16.9 Å². The molecule has 0 amide bonds. The van der Waals surface area contributed by atoms with Gasteiger partial charge in [-0.1, -0.05) is 35.9 Å². The molecule has 1 unspecified atom stereocenters. The SMILES string of the molecule is COc1ccc(C(CN2CCC2)NCCNc2ncnc(N)c2-c2ccc(C)cc2)cc1F. The Hall–Kier alpha value is -3.23. The molecule has 1 aromatic heterocycles. The van der Waals surface area contributed by atoms with Crippen LogP contribution in [-0.2, 0) is 0 Å². The summed E-state index contributed by atoms with van der Waals surface area (Å²) in [6.45, 7) is 6.34. The highest BCUT2D eigenvalue weighted by atomic mass is 19.1. The summed E-state index contributed by atoms with van der Waals surface area (Å²) in [6.07, 6.45) is 2.68. The molecule has 1 atom stereocenters. The number of benzene rings is 2. The van der Waals surface area contributed by atoms with E-state index in [-0.39, 0.29) is 17.6 Å². The van der Waals surface area contributed by atoms with Gasteiger partial charge in [0.25, 0.3) is 0 Å². The predicted molar refractivity (Wildman–Crippen MR) is 130 cm³/mol. The van der Waals surface area contributed by atoms with Crippen LogP contribution in [0.4, 0.5) is 16.0 Å². The minimum Gasteiger partial charge on any atom is -0.494 e. The number of halogens is 1. The van der Waals surface area contributed by atoms with Crippen molar-refractivity contribution in [3.63, 3.8) is 0 Å². The Morgan fingerprint density at radius 1 is 1.12 bits per heavy atom. The molecule has 0 bridgehead atoms. The zero-order valence-corrected chi connectivity index (χ0v) is 19.1. The van der Waals surface area contributed by atoms with Crippen LogP contribution in [0.3, 0.4) is 0 Å². The van der Waals surface area contributed by atoms with Crippen molar-refractivity contribution in [3.05, 3.63) is 65.7 Å². The highest BCUT2D eigenvalue weighted by Crippen LogP contribution is 2.30. The van der Waals surface area contributed by atoms with Crippen molar-refractivity contribution in [2.45, 2.75) is 19.4 Å². The number of aryl methyl sites for hydroxylation is 1. The second-order valence-electron chi connectivity index (χ2n) is 8.33. The van der Waals surface area contributed by atoms with E-state index in [4.69, 9.17) is 10.5 Å². The second-order valence-corrected chi connectivity index (χ2v) is 8.33. The van der Waals surface area contributed by atoms with Gasteiger partial charge in [0.1, 0.15) is 18.0 Å². The number of methoxy groups -OCH3 is 1. The number of anilines is 2. The molecule has 0 spiro atoms. The maximum atomic E-state index is 14.3. The van der Waals surface area contributed by atoms with E-state index >= 15 is 0 Å². The van der Waals surface area contributed by atoms with Gasteiger partial charge in [-0.05, 0) is 49.7 Å². The topological polar surface area (TPSA) is 88.3 Å². The molecule has 2 heterocycles. The fourth-order valence-electron chi connectivity index (χ4n) is 3.98. The Balaban J connectivity index is 1.42. The number of nitrogens with two attached hydrogens (primary N) is 1. The first-order valence-corrected chi connectivity index (χ1v) is 11.3. The van der Waals surface area contributed by atoms with Crippen LogP contribution in [-0.4, -0.2) is 54.7 Å². The molecule has 8 heteroatoms. The van der Waals surface area contributed by atoms with E-state index in [0.29, 0.717) is 24.7 Å². The van der Waals surface area contributed by atoms with Gasteiger partial charge < -0.3 is 26.0 Å². The van der Waals surface area contributed by atoms with Gasteiger partial charge >= 0.3 is 0 Å². The molecule has 1 aliphatic rings. The molecule has 0 aliphatic carbocycles. The normalized spacial score (nSPS) is 14.5. The summed E-state index contributed by atoms with van der Waals surface area (Å²) in [6, 6.07) is 13.3. The smallest absolute Gasteiger partial charge is 0.165 e. The van der Waals surface area contributed by atoms with E-state index in [9.17, 15) is 4.39 Å². The van der Waals surface area contributed by atoms with Crippen molar-refractivity contribution in [1.82, 2.24) is 20.2 Å². The highest BCUT2D eigenvalue weighted by Gasteiger charge is 2.21. The lowest BCUT2D eigenvalue weighted by atomic mass is 10.0. The Bertz CT molecular complexity index is 1070. The fraction of sp³-hybridized carbons (Fsp3) is 0.360. The lowest BCUT2D eigenvalue weighted by Crippen LogP contribution is -2.43. The summed E-state index contributed by atoms with van der Waals surface area (Å²) in [5.41, 5.74) is 10.0. The molecule has 1 saturated heterocycles. The number of nitrogen functional groups attached to an aromatic ring is 1. The maximum Gasteiger partial charge on any atom is 0.165 e. The van der Waals surface area contributed by atoms with Crippen LogP contribution in [0.25, 0.3) is 11.1 Å². The number of nitrogens with zero attached hydrogens (tertiary/aromatic N) is 3. The standard InChI is InChI=1S/C25H31FN6O/c1-17-4-6-18(7-5-17)23-24(27)30-16-31-25(23)29-11-10-28-21(15-32-12-3-13-32)19-8-9-22(33-2)20(26)14-19/h4-9,14,16,21,28H,3,10-13,15H2,1-2H3,(H3,27,29,30,31). The molecule has 33 heavy (non-hydrogen) atoms. The van der Waals surface area contributed by atoms with Crippen LogP contribution >= 0.6 is 0 Å². The van der Waals surface area contributed by atoms with Gasteiger partial charge in [0.2, 0.25) is 0 Å². The Morgan fingerprint density at radius 3 is 2.58 bits per heavy atom. The van der Waals surface area contributed by atoms with E-state index in [2.05, 4.69) is 25.5 Å². The van der Waals surface area contributed by atoms with Gasteiger partial charge in [0, 0.05) is 25.7 Å². The van der Waals surface area contributed by atoms with Gasteiger partial charge in [0.15, 0.2) is 11.6 Å². The summed E-state index contributed by atoms with van der Waals surface area (Å²) in [7, 11) is 1.48. The molecule has 2 aromatic carbocycles. The highest BCUT2D eigenvalue weighted by molar-refractivity contribution is 5.83. The van der Waals surface area contributed by atoms with Gasteiger partial charge in [-0.15, -0.1) is 0 Å². The van der Waals surface area contributed by atoms with Crippen molar-refractivity contribution >= 4 is 11.6 Å². The first-order chi connectivity index (χ1) is 16.0. The van der Waals surface area contributed by atoms with Crippen LogP contribution in [0, 0.1) is 12.7 Å². The molecule has 174 valence electrons. The monoisotopic (exact) mass is 450 g/mol. The molecule has 0 saturated carbocycles. The first-order valence-electron chi connectivity index (χ1n) is 11.3. The largest absolute Gasteiger partial charge is 0.494 e. The summed E-state index contributed by atoms with van der Waals surface area (Å²) in [5, 5.41) is 6.95. The fourth-order valence-corrected chi connectivity index (χ4v) is 3.98. The number of ether oxygens (including phenoxy) is 1. The van der Waals surface area contributed by atoms with Crippen LogP contribution < -0.4 is 21.1 Å². The van der Waals surface area contributed by atoms with Gasteiger partial charge in [0.05, 0.1) is 12.7 Å². The number of aromatic nitrogens is 2. The number of rotatable bonds is 10. The van der Waals surface area contributed by atoms with Crippen molar-refractivity contribution in [2.24, 2.45) is 0 Å². The Kier molecular flexibility index (Phi) is 7.36. The molecule has 0 radical (unpaired) electrons. The third-order valence-corrected chi connectivity index (χ3v) is 5.99. The molecular formula is C25H31FN6O. The van der Waals surface area contributed by atoms with Gasteiger partial charge in [-0.25, -0.2) is 14.4 Å². The minimum absolute atomic E-state index is 0.0135. The van der Waals surface area contributed by atoms with E-state index < -0.39 is 0 Å². The second kappa shape index (κ2) is 10.6. The quantitative estimate of drug-likeness (QED) is 0.407. The van der Waals surface area contributed by atoms with Gasteiger partial charge in [-0.2, -0.15) is 0 Å². The number of hydrogen-bond acceptors (Lipinski definition) is 7. The molecule has 4 N–H and O–H groups in total. The first kappa shape index (κ1) is 22.9. The molecule has 1 aliphatic heterocycles. The predicted octanol–water partition coefficient (Wildman–Crippen LogP) is 3.63. The third kappa shape index (κ3) is 5.58. The number of hydrogen-bond donors (Lipinski definition) is 3. The van der Waals surface area contributed by atoms with E-state index in [1.165, 1.54) is 25.4 Å². The average molecular weight is 451 g/mol. The van der Waals surface area contributed by atoms with Gasteiger partial charge in [-0.3, -0.25) is 0 Å². The zero-order valence-electron chi connectivity index (χ0n) is 19.1. The Morgan fingerprint density at radius 2 is 1.91 bits per heavy atom.